The van der Waals surface area contributed by atoms with Crippen molar-refractivity contribution >= 4 is 17.6 Å². The number of carbonyl (C=O) groups is 1. The number of hydrogen-bond acceptors (Lipinski definition) is 5. The molecule has 5 nitrogen and oxygen atoms in total. The summed E-state index contributed by atoms with van der Waals surface area (Å²) in [5.41, 5.74) is 2.48. The number of aromatic nitrogens is 2. The Balaban J connectivity index is 1.61. The third-order valence-electron chi connectivity index (χ3n) is 3.62. The number of rotatable bonds is 4. The van der Waals surface area contributed by atoms with Crippen molar-refractivity contribution in [3.8, 4) is 5.75 Å². The first-order valence-electron chi connectivity index (χ1n) is 7.04. The van der Waals surface area contributed by atoms with Gasteiger partial charge in [-0.2, -0.15) is 8.75 Å². The number of amides is 1. The molecule has 1 aromatic heterocycles. The highest BCUT2D eigenvalue weighted by Crippen LogP contribution is 2.18. The average Bonchev–Trinajstić information content (AvgIpc) is 3.17. The molecule has 2 aromatic rings. The zero-order chi connectivity index (χ0) is 14.7. The SMILES string of the molecule is Cc1nsnc1COc1ccc(C(=O)N2CCCC2)cc1. The van der Waals surface area contributed by atoms with E-state index in [2.05, 4.69) is 8.75 Å². The van der Waals surface area contributed by atoms with Gasteiger partial charge in [-0.15, -0.1) is 0 Å². The monoisotopic (exact) mass is 303 g/mol. The van der Waals surface area contributed by atoms with E-state index in [1.54, 1.807) is 0 Å². The van der Waals surface area contributed by atoms with E-state index in [0.29, 0.717) is 6.61 Å². The van der Waals surface area contributed by atoms with Crippen molar-refractivity contribution in [1.29, 1.82) is 0 Å². The first-order chi connectivity index (χ1) is 10.2. The summed E-state index contributed by atoms with van der Waals surface area (Å²) in [6.07, 6.45) is 2.21. The van der Waals surface area contributed by atoms with Crippen LogP contribution in [0.5, 0.6) is 5.75 Å². The summed E-state index contributed by atoms with van der Waals surface area (Å²) in [5.74, 6) is 0.846. The number of aryl methyl sites for hydroxylation is 1. The van der Waals surface area contributed by atoms with E-state index in [-0.39, 0.29) is 5.91 Å². The van der Waals surface area contributed by atoms with Gasteiger partial charge >= 0.3 is 0 Å². The molecule has 1 saturated heterocycles. The summed E-state index contributed by atoms with van der Waals surface area (Å²) in [5, 5.41) is 0. The summed E-state index contributed by atoms with van der Waals surface area (Å²) in [6.45, 7) is 4.06. The van der Waals surface area contributed by atoms with Crippen molar-refractivity contribution in [2.24, 2.45) is 0 Å². The van der Waals surface area contributed by atoms with Crippen LogP contribution in [0.1, 0.15) is 34.6 Å². The van der Waals surface area contributed by atoms with Crippen LogP contribution in [0.15, 0.2) is 24.3 Å². The number of hydrogen-bond donors (Lipinski definition) is 0. The van der Waals surface area contributed by atoms with Gasteiger partial charge in [-0.05, 0) is 44.0 Å². The molecule has 2 heterocycles. The van der Waals surface area contributed by atoms with Gasteiger partial charge in [0.2, 0.25) is 0 Å². The minimum Gasteiger partial charge on any atom is -0.487 e. The number of likely N-dealkylation sites (tertiary alicyclic amines) is 1. The normalized spacial score (nSPS) is 14.4. The Morgan fingerprint density at radius 2 is 1.95 bits per heavy atom. The number of benzene rings is 1. The van der Waals surface area contributed by atoms with Crippen LogP contribution in [0.2, 0.25) is 0 Å². The van der Waals surface area contributed by atoms with Gasteiger partial charge < -0.3 is 9.64 Å². The first kappa shape index (κ1) is 14.0. The van der Waals surface area contributed by atoms with E-state index in [0.717, 1.165) is 48.6 Å². The zero-order valence-corrected chi connectivity index (χ0v) is 12.7. The van der Waals surface area contributed by atoms with Crippen molar-refractivity contribution in [2.75, 3.05) is 13.1 Å². The largest absolute Gasteiger partial charge is 0.487 e. The summed E-state index contributed by atoms with van der Waals surface area (Å²) < 4.78 is 14.0. The lowest BCUT2D eigenvalue weighted by molar-refractivity contribution is 0.0793. The molecule has 0 radical (unpaired) electrons. The number of ether oxygens (including phenoxy) is 1. The predicted molar refractivity (Wildman–Crippen MR) is 80.6 cm³/mol. The Kier molecular flexibility index (Phi) is 4.15. The van der Waals surface area contributed by atoms with E-state index < -0.39 is 0 Å². The van der Waals surface area contributed by atoms with Crippen molar-refractivity contribution in [3.63, 3.8) is 0 Å². The van der Waals surface area contributed by atoms with Crippen LogP contribution in [-0.4, -0.2) is 32.6 Å². The molecule has 1 aromatic carbocycles. The van der Waals surface area contributed by atoms with Crippen LogP contribution in [-0.2, 0) is 6.61 Å². The minimum atomic E-state index is 0.110. The second-order valence-corrected chi connectivity index (χ2v) is 5.64. The highest BCUT2D eigenvalue weighted by atomic mass is 32.1. The standard InChI is InChI=1S/C15H17N3O2S/c1-11-14(17-21-16-11)10-20-13-6-4-12(5-7-13)15(19)18-8-2-3-9-18/h4-7H,2-3,8-10H2,1H3. The maximum atomic E-state index is 12.2. The maximum absolute atomic E-state index is 12.2. The molecule has 0 spiro atoms. The Morgan fingerprint density at radius 1 is 1.24 bits per heavy atom. The van der Waals surface area contributed by atoms with Crippen LogP contribution in [0.25, 0.3) is 0 Å². The highest BCUT2D eigenvalue weighted by molar-refractivity contribution is 6.99. The number of carbonyl (C=O) groups excluding carboxylic acids is 1. The molecule has 0 N–H and O–H groups in total. The lowest BCUT2D eigenvalue weighted by atomic mass is 10.2. The van der Waals surface area contributed by atoms with Crippen LogP contribution in [0.4, 0.5) is 0 Å². The molecule has 1 aliphatic heterocycles. The van der Waals surface area contributed by atoms with Crippen LogP contribution in [0, 0.1) is 6.92 Å². The molecule has 1 aliphatic rings. The smallest absolute Gasteiger partial charge is 0.253 e. The highest BCUT2D eigenvalue weighted by Gasteiger charge is 2.19. The third-order valence-corrected chi connectivity index (χ3v) is 4.27. The molecule has 1 amide bonds. The molecule has 6 heteroatoms. The van der Waals surface area contributed by atoms with Crippen LogP contribution >= 0.6 is 11.7 Å². The fourth-order valence-electron chi connectivity index (χ4n) is 2.33. The van der Waals surface area contributed by atoms with Gasteiger partial charge in [0.05, 0.1) is 17.4 Å². The van der Waals surface area contributed by atoms with E-state index in [1.807, 2.05) is 36.1 Å². The van der Waals surface area contributed by atoms with E-state index in [1.165, 1.54) is 11.7 Å². The third kappa shape index (κ3) is 3.21. The second kappa shape index (κ2) is 6.22. The summed E-state index contributed by atoms with van der Waals surface area (Å²) >= 11 is 1.19. The van der Waals surface area contributed by atoms with Crippen LogP contribution in [0.3, 0.4) is 0 Å². The van der Waals surface area contributed by atoms with Crippen LogP contribution < -0.4 is 4.74 Å². The zero-order valence-electron chi connectivity index (χ0n) is 11.9. The molecule has 21 heavy (non-hydrogen) atoms. The Morgan fingerprint density at radius 3 is 2.57 bits per heavy atom. The van der Waals surface area contributed by atoms with Crippen molar-refractivity contribution in [2.45, 2.75) is 26.4 Å². The van der Waals surface area contributed by atoms with Gasteiger partial charge in [0.1, 0.15) is 18.1 Å². The molecule has 0 atom stereocenters. The van der Waals surface area contributed by atoms with Gasteiger partial charge in [-0.3, -0.25) is 4.79 Å². The quantitative estimate of drug-likeness (QED) is 0.871. The molecule has 3 rings (SSSR count). The van der Waals surface area contributed by atoms with E-state index in [4.69, 9.17) is 4.74 Å². The molecule has 110 valence electrons. The van der Waals surface area contributed by atoms with Gasteiger partial charge in [0, 0.05) is 18.7 Å². The maximum Gasteiger partial charge on any atom is 0.253 e. The molecular formula is C15H17N3O2S. The fourth-order valence-corrected chi connectivity index (χ4v) is 2.88. The fraction of sp³-hybridized carbons (Fsp3) is 0.400. The van der Waals surface area contributed by atoms with Gasteiger partial charge in [-0.1, -0.05) is 0 Å². The molecule has 0 bridgehead atoms. The lowest BCUT2D eigenvalue weighted by Crippen LogP contribution is -2.27. The minimum absolute atomic E-state index is 0.110. The first-order valence-corrected chi connectivity index (χ1v) is 7.77. The van der Waals surface area contributed by atoms with Gasteiger partial charge in [-0.25, -0.2) is 0 Å². The molecule has 0 unspecified atom stereocenters. The molecule has 0 aliphatic carbocycles. The van der Waals surface area contributed by atoms with E-state index >= 15 is 0 Å². The predicted octanol–water partition coefficient (Wildman–Crippen LogP) is 2.66. The lowest BCUT2D eigenvalue weighted by Gasteiger charge is -2.15. The summed E-state index contributed by atoms with van der Waals surface area (Å²) in [4.78, 5) is 14.1. The number of nitrogens with zero attached hydrogens (tertiary/aromatic N) is 3. The van der Waals surface area contributed by atoms with E-state index in [9.17, 15) is 4.79 Å². The summed E-state index contributed by atoms with van der Waals surface area (Å²) in [7, 11) is 0. The van der Waals surface area contributed by atoms with Crippen molar-refractivity contribution in [3.05, 3.63) is 41.2 Å². The van der Waals surface area contributed by atoms with Gasteiger partial charge in [0.25, 0.3) is 5.91 Å². The topological polar surface area (TPSA) is 55.3 Å². The van der Waals surface area contributed by atoms with Gasteiger partial charge in [0.15, 0.2) is 0 Å². The second-order valence-electron chi connectivity index (χ2n) is 5.11. The average molecular weight is 303 g/mol. The molecule has 1 fully saturated rings. The summed E-state index contributed by atoms with van der Waals surface area (Å²) in [6, 6.07) is 7.31. The Labute approximate surface area is 127 Å². The molecule has 0 saturated carbocycles. The molecular weight excluding hydrogens is 286 g/mol. The van der Waals surface area contributed by atoms with Crippen molar-refractivity contribution in [1.82, 2.24) is 13.6 Å². The van der Waals surface area contributed by atoms with Crippen molar-refractivity contribution < 1.29 is 9.53 Å². The Bertz CT molecular complexity index is 618. The Hall–Kier alpha value is -1.95.